The van der Waals surface area contributed by atoms with E-state index in [2.05, 4.69) is 9.88 Å². The molecule has 2 saturated heterocycles. The van der Waals surface area contributed by atoms with Gasteiger partial charge in [-0.15, -0.1) is 0 Å². The summed E-state index contributed by atoms with van der Waals surface area (Å²) >= 11 is 0. The highest BCUT2D eigenvalue weighted by Gasteiger charge is 2.26. The number of ether oxygens (including phenoxy) is 1. The topological polar surface area (TPSA) is 86.3 Å². The van der Waals surface area contributed by atoms with Gasteiger partial charge >= 0.3 is 6.09 Å². The van der Waals surface area contributed by atoms with Crippen molar-refractivity contribution in [1.29, 1.82) is 0 Å². The lowest BCUT2D eigenvalue weighted by atomic mass is 10.2. The highest BCUT2D eigenvalue weighted by Crippen LogP contribution is 2.16. The first-order valence-corrected chi connectivity index (χ1v) is 9.67. The van der Waals surface area contributed by atoms with Crippen molar-refractivity contribution in [2.75, 3.05) is 63.9 Å². The van der Waals surface area contributed by atoms with Crippen LogP contribution in [0.4, 0.5) is 10.6 Å². The fourth-order valence-electron chi connectivity index (χ4n) is 3.44. The van der Waals surface area contributed by atoms with Gasteiger partial charge in [0.2, 0.25) is 5.91 Å². The van der Waals surface area contributed by atoms with E-state index in [0.717, 1.165) is 18.9 Å². The van der Waals surface area contributed by atoms with Crippen molar-refractivity contribution in [3.05, 3.63) is 23.9 Å². The monoisotopic (exact) mass is 389 g/mol. The number of rotatable bonds is 3. The number of amides is 3. The van der Waals surface area contributed by atoms with Crippen LogP contribution in [0.5, 0.6) is 0 Å². The summed E-state index contributed by atoms with van der Waals surface area (Å²) in [4.78, 5) is 47.6. The highest BCUT2D eigenvalue weighted by molar-refractivity contribution is 5.94. The van der Waals surface area contributed by atoms with Gasteiger partial charge in [-0.2, -0.15) is 0 Å². The number of anilines is 1. The summed E-state index contributed by atoms with van der Waals surface area (Å²) in [6.07, 6.45) is 1.28. The van der Waals surface area contributed by atoms with Crippen LogP contribution in [0.1, 0.15) is 24.2 Å². The van der Waals surface area contributed by atoms with Gasteiger partial charge in [-0.05, 0) is 19.1 Å². The molecule has 0 radical (unpaired) electrons. The quantitative estimate of drug-likeness (QED) is 0.755. The average Bonchev–Trinajstić information content (AvgIpc) is 2.74. The van der Waals surface area contributed by atoms with Crippen molar-refractivity contribution in [3.63, 3.8) is 0 Å². The molecule has 3 heterocycles. The van der Waals surface area contributed by atoms with Crippen LogP contribution < -0.4 is 4.90 Å². The van der Waals surface area contributed by atoms with Crippen LogP contribution in [-0.4, -0.2) is 96.6 Å². The first-order chi connectivity index (χ1) is 13.5. The third-order valence-corrected chi connectivity index (χ3v) is 5.14. The first-order valence-electron chi connectivity index (χ1n) is 9.67. The number of hydrogen-bond donors (Lipinski definition) is 0. The van der Waals surface area contributed by atoms with E-state index in [-0.39, 0.29) is 17.9 Å². The molecule has 0 spiro atoms. The molecule has 3 rings (SSSR count). The maximum atomic E-state index is 12.7. The van der Waals surface area contributed by atoms with Crippen LogP contribution in [0.2, 0.25) is 0 Å². The molecule has 0 aliphatic carbocycles. The minimum absolute atomic E-state index is 0.0797. The fraction of sp³-hybridized carbons (Fsp3) is 0.579. The maximum absolute atomic E-state index is 12.7. The van der Waals surface area contributed by atoms with E-state index in [1.807, 2.05) is 11.0 Å². The van der Waals surface area contributed by atoms with Crippen LogP contribution in [-0.2, 0) is 9.53 Å². The number of carbonyl (C=O) groups excluding carboxylic acids is 3. The summed E-state index contributed by atoms with van der Waals surface area (Å²) in [6.45, 7) is 8.43. The molecule has 1 aromatic heterocycles. The van der Waals surface area contributed by atoms with Gasteiger partial charge in [0.25, 0.3) is 5.91 Å². The maximum Gasteiger partial charge on any atom is 0.409 e. The molecule has 0 unspecified atom stereocenters. The second-order valence-corrected chi connectivity index (χ2v) is 6.88. The summed E-state index contributed by atoms with van der Waals surface area (Å²) in [5.74, 6) is 0.826. The van der Waals surface area contributed by atoms with Crippen molar-refractivity contribution in [2.45, 2.75) is 13.8 Å². The number of pyridine rings is 1. The molecule has 0 bridgehead atoms. The Morgan fingerprint density at radius 2 is 1.54 bits per heavy atom. The Morgan fingerprint density at radius 3 is 2.07 bits per heavy atom. The lowest BCUT2D eigenvalue weighted by Gasteiger charge is -2.35. The lowest BCUT2D eigenvalue weighted by molar-refractivity contribution is -0.129. The highest BCUT2D eigenvalue weighted by atomic mass is 16.6. The van der Waals surface area contributed by atoms with Crippen molar-refractivity contribution in [1.82, 2.24) is 19.7 Å². The molecular weight excluding hydrogens is 362 g/mol. The third kappa shape index (κ3) is 4.52. The van der Waals surface area contributed by atoms with E-state index in [1.54, 1.807) is 35.9 Å². The largest absolute Gasteiger partial charge is 0.450 e. The van der Waals surface area contributed by atoms with Crippen molar-refractivity contribution >= 4 is 23.7 Å². The Kier molecular flexibility index (Phi) is 6.33. The number of piperazine rings is 2. The molecule has 0 aromatic carbocycles. The standard InChI is InChI=1S/C19H27N5O4/c1-3-28-19(27)24-12-10-23(11-13-24)18(26)16-4-5-17(20-14-16)22-8-6-21(7-9-22)15(2)25/h4-5,14H,3,6-13H2,1-2H3. The van der Waals surface area contributed by atoms with Crippen LogP contribution in [0, 0.1) is 0 Å². The molecule has 0 N–H and O–H groups in total. The van der Waals surface area contributed by atoms with Gasteiger partial charge in [0.1, 0.15) is 5.82 Å². The molecule has 3 amide bonds. The van der Waals surface area contributed by atoms with Gasteiger partial charge < -0.3 is 24.3 Å². The zero-order chi connectivity index (χ0) is 20.1. The Morgan fingerprint density at radius 1 is 0.929 bits per heavy atom. The van der Waals surface area contributed by atoms with Crippen molar-refractivity contribution < 1.29 is 19.1 Å². The van der Waals surface area contributed by atoms with Crippen LogP contribution in [0.15, 0.2) is 18.3 Å². The van der Waals surface area contributed by atoms with Gasteiger partial charge in [0, 0.05) is 65.5 Å². The number of nitrogens with zero attached hydrogens (tertiary/aromatic N) is 5. The minimum atomic E-state index is -0.328. The van der Waals surface area contributed by atoms with Crippen LogP contribution in [0.25, 0.3) is 0 Å². The molecule has 0 saturated carbocycles. The van der Waals surface area contributed by atoms with Crippen LogP contribution >= 0.6 is 0 Å². The smallest absolute Gasteiger partial charge is 0.409 e. The van der Waals surface area contributed by atoms with Crippen molar-refractivity contribution in [2.24, 2.45) is 0 Å². The molecular formula is C19H27N5O4. The summed E-state index contributed by atoms with van der Waals surface area (Å²) in [6, 6.07) is 3.64. The van der Waals surface area contributed by atoms with E-state index in [1.165, 1.54) is 0 Å². The van der Waals surface area contributed by atoms with Crippen LogP contribution in [0.3, 0.4) is 0 Å². The fourth-order valence-corrected chi connectivity index (χ4v) is 3.44. The normalized spacial score (nSPS) is 17.5. The molecule has 2 aliphatic rings. The zero-order valence-corrected chi connectivity index (χ0v) is 16.5. The molecule has 9 heteroatoms. The van der Waals surface area contributed by atoms with E-state index >= 15 is 0 Å². The molecule has 152 valence electrons. The summed E-state index contributed by atoms with van der Waals surface area (Å²) in [7, 11) is 0. The van der Waals surface area contributed by atoms with E-state index in [4.69, 9.17) is 4.74 Å². The second-order valence-electron chi connectivity index (χ2n) is 6.88. The molecule has 9 nitrogen and oxygen atoms in total. The summed E-state index contributed by atoms with van der Waals surface area (Å²) in [5, 5.41) is 0. The van der Waals surface area contributed by atoms with Gasteiger partial charge in [0.15, 0.2) is 0 Å². The predicted molar refractivity (Wildman–Crippen MR) is 103 cm³/mol. The minimum Gasteiger partial charge on any atom is -0.450 e. The van der Waals surface area contributed by atoms with Gasteiger partial charge in [-0.3, -0.25) is 9.59 Å². The first kappa shape index (κ1) is 19.9. The van der Waals surface area contributed by atoms with Gasteiger partial charge in [-0.25, -0.2) is 9.78 Å². The van der Waals surface area contributed by atoms with Gasteiger partial charge in [-0.1, -0.05) is 0 Å². The van der Waals surface area contributed by atoms with Crippen molar-refractivity contribution in [3.8, 4) is 0 Å². The zero-order valence-electron chi connectivity index (χ0n) is 16.5. The number of carbonyl (C=O) groups is 3. The molecule has 2 aliphatic heterocycles. The van der Waals surface area contributed by atoms with Gasteiger partial charge in [0.05, 0.1) is 12.2 Å². The SMILES string of the molecule is CCOC(=O)N1CCN(C(=O)c2ccc(N3CCN(C(C)=O)CC3)nc2)CC1. The Bertz CT molecular complexity index is 708. The Labute approximate surface area is 164 Å². The van der Waals surface area contributed by atoms with E-state index in [9.17, 15) is 14.4 Å². The number of aromatic nitrogens is 1. The molecule has 1 aromatic rings. The summed E-state index contributed by atoms with van der Waals surface area (Å²) in [5.41, 5.74) is 0.538. The molecule has 0 atom stereocenters. The Hall–Kier alpha value is -2.84. The third-order valence-electron chi connectivity index (χ3n) is 5.14. The predicted octanol–water partition coefficient (Wildman–Crippen LogP) is 0.664. The molecule has 28 heavy (non-hydrogen) atoms. The summed E-state index contributed by atoms with van der Waals surface area (Å²) < 4.78 is 5.00. The lowest BCUT2D eigenvalue weighted by Crippen LogP contribution is -2.50. The second kappa shape index (κ2) is 8.90. The number of hydrogen-bond acceptors (Lipinski definition) is 6. The molecule has 2 fully saturated rings. The average molecular weight is 389 g/mol. The van der Waals surface area contributed by atoms with E-state index < -0.39 is 0 Å². The Balaban J connectivity index is 1.53. The van der Waals surface area contributed by atoms with E-state index in [0.29, 0.717) is 51.4 Å².